The molecule has 6 heteroatoms. The van der Waals surface area contributed by atoms with Crippen molar-refractivity contribution in [2.24, 2.45) is 17.8 Å². The van der Waals surface area contributed by atoms with E-state index in [4.69, 9.17) is 0 Å². The molecule has 176 valence electrons. The Morgan fingerprint density at radius 1 is 1.23 bits per heavy atom. The number of unbranched alkanes of at least 4 members (excludes halogenated alkanes) is 3. The number of Topliss-reactive ketones (excluding diaryl/α,β-unsaturated/α-hetero) is 2. The van der Waals surface area contributed by atoms with Gasteiger partial charge in [0.05, 0.1) is 6.61 Å². The van der Waals surface area contributed by atoms with Crippen molar-refractivity contribution in [3.05, 3.63) is 24.8 Å². The largest absolute Gasteiger partial charge is 0.460 e. The average Bonchev–Trinajstić information content (AvgIpc) is 3.09. The van der Waals surface area contributed by atoms with E-state index in [9.17, 15) is 24.6 Å². The number of ketones is 2. The molecule has 1 aliphatic carbocycles. The van der Waals surface area contributed by atoms with Gasteiger partial charge < -0.3 is 14.9 Å². The number of carbonyl (C=O) groups is 3. The lowest BCUT2D eigenvalue weighted by atomic mass is 9.88. The molecule has 2 N–H and O–H groups in total. The first kappa shape index (κ1) is 27.2. The lowest BCUT2D eigenvalue weighted by Crippen LogP contribution is -2.43. The van der Waals surface area contributed by atoms with E-state index < -0.39 is 17.5 Å². The Morgan fingerprint density at radius 2 is 1.97 bits per heavy atom. The van der Waals surface area contributed by atoms with Gasteiger partial charge in [-0.15, -0.1) is 6.58 Å². The Kier molecular flexibility index (Phi) is 12.6. The first-order chi connectivity index (χ1) is 14.8. The third-order valence-electron chi connectivity index (χ3n) is 6.10. The molecule has 31 heavy (non-hydrogen) atoms. The Morgan fingerprint density at radius 3 is 2.61 bits per heavy atom. The van der Waals surface area contributed by atoms with E-state index in [2.05, 4.69) is 30.4 Å². The van der Waals surface area contributed by atoms with Gasteiger partial charge in [0.2, 0.25) is 5.79 Å². The van der Waals surface area contributed by atoms with Crippen LogP contribution in [0.15, 0.2) is 24.8 Å². The summed E-state index contributed by atoms with van der Waals surface area (Å²) < 4.78 is 4.52. The maximum Gasteiger partial charge on any atom is 0.380 e. The smallest absolute Gasteiger partial charge is 0.380 e. The highest BCUT2D eigenvalue weighted by Crippen LogP contribution is 2.34. The molecule has 0 bridgehead atoms. The minimum absolute atomic E-state index is 0.00132. The highest BCUT2D eigenvalue weighted by molar-refractivity contribution is 6.36. The molecule has 0 radical (unpaired) electrons. The quantitative estimate of drug-likeness (QED) is 0.123. The fourth-order valence-electron chi connectivity index (χ4n) is 4.15. The number of ether oxygens (including phenoxy) is 1. The molecular weight excluding hydrogens is 396 g/mol. The molecule has 1 saturated carbocycles. The van der Waals surface area contributed by atoms with Crippen LogP contribution in [-0.2, 0) is 19.1 Å². The van der Waals surface area contributed by atoms with Crippen LogP contribution in [0.5, 0.6) is 0 Å². The molecule has 0 spiro atoms. The van der Waals surface area contributed by atoms with E-state index in [1.165, 1.54) is 12.8 Å². The molecule has 1 aliphatic rings. The summed E-state index contributed by atoms with van der Waals surface area (Å²) in [4.78, 5) is 35.4. The topological polar surface area (TPSA) is 101 Å². The molecule has 0 heterocycles. The normalized spacial score (nSPS) is 20.2. The molecule has 6 nitrogen and oxygen atoms in total. The van der Waals surface area contributed by atoms with Gasteiger partial charge in [0.15, 0.2) is 0 Å². The number of hydrogen-bond donors (Lipinski definition) is 2. The second-order valence-electron chi connectivity index (χ2n) is 8.54. The number of allylic oxidation sites excluding steroid dienone is 3. The molecule has 1 rings (SSSR count). The predicted octanol–water partition coefficient (Wildman–Crippen LogP) is 4.28. The fraction of sp³-hybridized carbons (Fsp3) is 0.720. The minimum atomic E-state index is -2.69. The van der Waals surface area contributed by atoms with E-state index in [0.29, 0.717) is 31.0 Å². The highest BCUT2D eigenvalue weighted by Gasteiger charge is 2.38. The maximum absolute atomic E-state index is 12.3. The molecule has 3 atom stereocenters. The van der Waals surface area contributed by atoms with Gasteiger partial charge in [-0.25, -0.2) is 4.79 Å². The van der Waals surface area contributed by atoms with Gasteiger partial charge in [-0.3, -0.25) is 9.59 Å². The zero-order valence-electron chi connectivity index (χ0n) is 19.2. The van der Waals surface area contributed by atoms with Crippen LogP contribution in [0, 0.1) is 17.8 Å². The van der Waals surface area contributed by atoms with Crippen molar-refractivity contribution in [1.29, 1.82) is 0 Å². The van der Waals surface area contributed by atoms with E-state index in [-0.39, 0.29) is 24.9 Å². The second kappa shape index (κ2) is 14.3. The zero-order chi connectivity index (χ0) is 23.3. The first-order valence-electron chi connectivity index (χ1n) is 11.7. The summed E-state index contributed by atoms with van der Waals surface area (Å²) in [5.41, 5.74) is 0. The van der Waals surface area contributed by atoms with Gasteiger partial charge in [-0.2, -0.15) is 0 Å². The summed E-state index contributed by atoms with van der Waals surface area (Å²) in [6.45, 7) is 7.65. The van der Waals surface area contributed by atoms with Crippen LogP contribution in [0.4, 0.5) is 0 Å². The summed E-state index contributed by atoms with van der Waals surface area (Å²) in [6.07, 6.45) is 14.7. The minimum Gasteiger partial charge on any atom is -0.460 e. The maximum atomic E-state index is 12.3. The Labute approximate surface area is 186 Å². The van der Waals surface area contributed by atoms with Crippen molar-refractivity contribution in [2.75, 3.05) is 6.61 Å². The van der Waals surface area contributed by atoms with Gasteiger partial charge in [0.25, 0.3) is 5.78 Å². The molecule has 0 unspecified atom stereocenters. The van der Waals surface area contributed by atoms with Gasteiger partial charge in [0.1, 0.15) is 5.78 Å². The standard InChI is InChI=1S/C25H40O6/c1-4-7-12-19(5-2)13-11-14-20-16-17-22(26)21(20)15-9-8-10-18-25(29,30)23(27)24(28)31-6-3/h5,11,14,19-21,29-30H,2,4,6-10,12-13,15-18H2,1,3H3/t19-,20-,21+/m0/s1. The number of esters is 1. The van der Waals surface area contributed by atoms with Crippen LogP contribution in [0.3, 0.4) is 0 Å². The van der Waals surface area contributed by atoms with E-state index in [0.717, 1.165) is 32.1 Å². The monoisotopic (exact) mass is 436 g/mol. The van der Waals surface area contributed by atoms with E-state index in [1.807, 2.05) is 6.08 Å². The van der Waals surface area contributed by atoms with E-state index >= 15 is 0 Å². The van der Waals surface area contributed by atoms with Crippen LogP contribution < -0.4 is 0 Å². The third kappa shape index (κ3) is 9.48. The van der Waals surface area contributed by atoms with Crippen molar-refractivity contribution < 1.29 is 29.3 Å². The van der Waals surface area contributed by atoms with Crippen LogP contribution in [-0.4, -0.2) is 40.1 Å². The number of rotatable bonds is 16. The molecule has 0 aromatic heterocycles. The van der Waals surface area contributed by atoms with Crippen molar-refractivity contribution in [2.45, 2.75) is 90.3 Å². The molecular formula is C25H40O6. The molecule has 0 saturated heterocycles. The van der Waals surface area contributed by atoms with Crippen molar-refractivity contribution in [3.63, 3.8) is 0 Å². The fourth-order valence-corrected chi connectivity index (χ4v) is 4.15. The summed E-state index contributed by atoms with van der Waals surface area (Å²) in [5, 5.41) is 19.7. The summed E-state index contributed by atoms with van der Waals surface area (Å²) >= 11 is 0. The Hall–Kier alpha value is -1.79. The zero-order valence-corrected chi connectivity index (χ0v) is 19.2. The Bertz CT molecular complexity index is 622. The lowest BCUT2D eigenvalue weighted by molar-refractivity contribution is -0.193. The second-order valence-corrected chi connectivity index (χ2v) is 8.54. The van der Waals surface area contributed by atoms with Crippen LogP contribution >= 0.6 is 0 Å². The average molecular weight is 437 g/mol. The van der Waals surface area contributed by atoms with Crippen molar-refractivity contribution in [1.82, 2.24) is 0 Å². The van der Waals surface area contributed by atoms with Crippen molar-refractivity contribution in [3.8, 4) is 0 Å². The summed E-state index contributed by atoms with van der Waals surface area (Å²) in [7, 11) is 0. The van der Waals surface area contributed by atoms with Crippen LogP contribution in [0.25, 0.3) is 0 Å². The Balaban J connectivity index is 2.41. The molecule has 1 fully saturated rings. The summed E-state index contributed by atoms with van der Waals surface area (Å²) in [6, 6.07) is 0. The number of aliphatic hydroxyl groups is 2. The molecule has 0 amide bonds. The third-order valence-corrected chi connectivity index (χ3v) is 6.10. The lowest BCUT2D eigenvalue weighted by Gasteiger charge is -2.19. The summed E-state index contributed by atoms with van der Waals surface area (Å²) in [5.74, 6) is -4.18. The van der Waals surface area contributed by atoms with Gasteiger partial charge in [-0.1, -0.05) is 50.8 Å². The van der Waals surface area contributed by atoms with Crippen LogP contribution in [0.1, 0.15) is 84.5 Å². The first-order valence-corrected chi connectivity index (χ1v) is 11.7. The molecule has 0 aliphatic heterocycles. The number of carbonyl (C=O) groups excluding carboxylic acids is 3. The molecule has 0 aromatic rings. The molecule has 0 aromatic carbocycles. The predicted molar refractivity (Wildman–Crippen MR) is 120 cm³/mol. The van der Waals surface area contributed by atoms with Crippen LogP contribution in [0.2, 0.25) is 0 Å². The van der Waals surface area contributed by atoms with Gasteiger partial charge in [-0.05, 0) is 50.9 Å². The number of hydrogen-bond acceptors (Lipinski definition) is 6. The highest BCUT2D eigenvalue weighted by atomic mass is 16.6. The SMILES string of the molecule is C=C[C@H](CC=C[C@H]1CCC(=O)[C@@H]1CCCCCC(O)(O)C(=O)C(=O)OCC)CCCC. The van der Waals surface area contributed by atoms with Gasteiger partial charge >= 0.3 is 5.97 Å². The van der Waals surface area contributed by atoms with E-state index in [1.54, 1.807) is 6.92 Å². The van der Waals surface area contributed by atoms with Gasteiger partial charge in [0, 0.05) is 18.8 Å². The van der Waals surface area contributed by atoms with Crippen molar-refractivity contribution >= 4 is 17.5 Å².